The van der Waals surface area contributed by atoms with Gasteiger partial charge in [0.25, 0.3) is 0 Å². The lowest BCUT2D eigenvalue weighted by Crippen LogP contribution is -2.34. The minimum atomic E-state index is 0.676. The number of H-pyrrole nitrogens is 1. The number of rotatable bonds is 5. The molecule has 3 aromatic rings. The van der Waals surface area contributed by atoms with Crippen LogP contribution in [0.5, 0.6) is 0 Å². The maximum Gasteiger partial charge on any atom is 0.137 e. The van der Waals surface area contributed by atoms with E-state index >= 15 is 0 Å². The Labute approximate surface area is 141 Å². The highest BCUT2D eigenvalue weighted by molar-refractivity contribution is 5.32. The zero-order valence-electron chi connectivity index (χ0n) is 13.7. The molecule has 3 heterocycles. The van der Waals surface area contributed by atoms with E-state index in [9.17, 15) is 0 Å². The average Bonchev–Trinajstić information content (AvgIpc) is 3.29. The first kappa shape index (κ1) is 15.1. The Morgan fingerprint density at radius 1 is 1.12 bits per heavy atom. The van der Waals surface area contributed by atoms with Crippen LogP contribution in [0.15, 0.2) is 49.2 Å². The number of piperidine rings is 1. The molecule has 0 bridgehead atoms. The second-order valence-corrected chi connectivity index (χ2v) is 6.45. The SMILES string of the molecule is c1ccc(-n2cnnc2CC2CCN(Cc3cnc[nH]3)CC2)cc1. The van der Waals surface area contributed by atoms with Gasteiger partial charge in [-0.2, -0.15) is 0 Å². The van der Waals surface area contributed by atoms with Crippen molar-refractivity contribution in [2.24, 2.45) is 5.92 Å². The fourth-order valence-electron chi connectivity index (χ4n) is 3.42. The molecular formula is C18H22N6. The molecule has 6 heteroatoms. The van der Waals surface area contributed by atoms with Crippen molar-refractivity contribution in [3.63, 3.8) is 0 Å². The van der Waals surface area contributed by atoms with Crippen LogP contribution in [0, 0.1) is 5.92 Å². The monoisotopic (exact) mass is 322 g/mol. The lowest BCUT2D eigenvalue weighted by molar-refractivity contribution is 0.174. The molecule has 1 fully saturated rings. The molecule has 6 nitrogen and oxygen atoms in total. The Kier molecular flexibility index (Phi) is 4.38. The summed E-state index contributed by atoms with van der Waals surface area (Å²) < 4.78 is 2.11. The number of imidazole rings is 1. The van der Waals surface area contributed by atoms with E-state index in [1.807, 2.05) is 30.7 Å². The summed E-state index contributed by atoms with van der Waals surface area (Å²) in [6.45, 7) is 3.22. The van der Waals surface area contributed by atoms with Gasteiger partial charge in [-0.1, -0.05) is 18.2 Å². The molecule has 1 aliphatic heterocycles. The number of nitrogens with one attached hydrogen (secondary N) is 1. The molecule has 1 N–H and O–H groups in total. The van der Waals surface area contributed by atoms with Crippen LogP contribution in [-0.4, -0.2) is 42.7 Å². The van der Waals surface area contributed by atoms with Gasteiger partial charge in [0.05, 0.1) is 6.33 Å². The number of hydrogen-bond acceptors (Lipinski definition) is 4. The van der Waals surface area contributed by atoms with Crippen molar-refractivity contribution in [2.75, 3.05) is 13.1 Å². The largest absolute Gasteiger partial charge is 0.347 e. The topological polar surface area (TPSA) is 62.6 Å². The van der Waals surface area contributed by atoms with Crippen molar-refractivity contribution >= 4 is 0 Å². The number of hydrogen-bond donors (Lipinski definition) is 1. The molecule has 0 radical (unpaired) electrons. The van der Waals surface area contributed by atoms with Crippen LogP contribution in [0.2, 0.25) is 0 Å². The van der Waals surface area contributed by atoms with Gasteiger partial charge in [-0.05, 0) is 44.0 Å². The van der Waals surface area contributed by atoms with Crippen molar-refractivity contribution in [1.82, 2.24) is 29.6 Å². The van der Waals surface area contributed by atoms with Gasteiger partial charge in [-0.25, -0.2) is 4.98 Å². The zero-order valence-corrected chi connectivity index (χ0v) is 13.7. The Morgan fingerprint density at radius 2 is 1.96 bits per heavy atom. The summed E-state index contributed by atoms with van der Waals surface area (Å²) in [7, 11) is 0. The van der Waals surface area contributed by atoms with Crippen LogP contribution in [-0.2, 0) is 13.0 Å². The predicted octanol–water partition coefficient (Wildman–Crippen LogP) is 2.45. The van der Waals surface area contributed by atoms with Crippen molar-refractivity contribution < 1.29 is 0 Å². The second kappa shape index (κ2) is 6.97. The molecule has 1 aromatic carbocycles. The predicted molar refractivity (Wildman–Crippen MR) is 91.7 cm³/mol. The van der Waals surface area contributed by atoms with E-state index in [0.29, 0.717) is 5.92 Å². The third kappa shape index (κ3) is 3.38. The quantitative estimate of drug-likeness (QED) is 0.784. The highest BCUT2D eigenvalue weighted by atomic mass is 15.3. The van der Waals surface area contributed by atoms with Gasteiger partial charge in [0.2, 0.25) is 0 Å². The lowest BCUT2D eigenvalue weighted by atomic mass is 9.93. The Balaban J connectivity index is 1.35. The molecule has 4 rings (SSSR count). The summed E-state index contributed by atoms with van der Waals surface area (Å²) in [6, 6.07) is 10.3. The van der Waals surface area contributed by atoms with E-state index in [1.54, 1.807) is 6.33 Å². The molecule has 124 valence electrons. The number of likely N-dealkylation sites (tertiary alicyclic amines) is 1. The molecule has 1 aliphatic rings. The van der Waals surface area contributed by atoms with Gasteiger partial charge in [-0.15, -0.1) is 10.2 Å². The second-order valence-electron chi connectivity index (χ2n) is 6.45. The van der Waals surface area contributed by atoms with Gasteiger partial charge in [0.15, 0.2) is 0 Å². The van der Waals surface area contributed by atoms with Crippen molar-refractivity contribution in [3.8, 4) is 5.69 Å². The van der Waals surface area contributed by atoms with Crippen molar-refractivity contribution in [1.29, 1.82) is 0 Å². The third-order valence-corrected chi connectivity index (χ3v) is 4.78. The highest BCUT2D eigenvalue weighted by Gasteiger charge is 2.21. The molecule has 24 heavy (non-hydrogen) atoms. The molecule has 1 saturated heterocycles. The number of aromatic amines is 1. The van der Waals surface area contributed by atoms with Crippen LogP contribution in [0.1, 0.15) is 24.4 Å². The van der Waals surface area contributed by atoms with Gasteiger partial charge in [-0.3, -0.25) is 9.47 Å². The van der Waals surface area contributed by atoms with E-state index in [0.717, 1.165) is 37.6 Å². The van der Waals surface area contributed by atoms with E-state index in [2.05, 4.69) is 41.8 Å². The van der Waals surface area contributed by atoms with Crippen LogP contribution in [0.25, 0.3) is 5.69 Å². The first-order chi connectivity index (χ1) is 11.9. The standard InChI is InChI=1S/C18H22N6/c1-2-4-17(5-3-1)24-14-21-22-18(24)10-15-6-8-23(9-7-15)12-16-11-19-13-20-16/h1-5,11,13-15H,6-10,12H2,(H,19,20). The van der Waals surface area contributed by atoms with E-state index in [-0.39, 0.29) is 0 Å². The van der Waals surface area contributed by atoms with Gasteiger partial charge in [0.1, 0.15) is 12.2 Å². The minimum Gasteiger partial charge on any atom is -0.347 e. The normalized spacial score (nSPS) is 16.5. The first-order valence-corrected chi connectivity index (χ1v) is 8.52. The molecule has 0 aliphatic carbocycles. The third-order valence-electron chi connectivity index (χ3n) is 4.78. The summed E-state index contributed by atoms with van der Waals surface area (Å²) >= 11 is 0. The first-order valence-electron chi connectivity index (χ1n) is 8.52. The minimum absolute atomic E-state index is 0.676. The molecular weight excluding hydrogens is 300 g/mol. The Morgan fingerprint density at radius 3 is 2.71 bits per heavy atom. The fourth-order valence-corrected chi connectivity index (χ4v) is 3.42. The zero-order chi connectivity index (χ0) is 16.2. The molecule has 0 spiro atoms. The van der Waals surface area contributed by atoms with E-state index < -0.39 is 0 Å². The fraction of sp³-hybridized carbons (Fsp3) is 0.389. The summed E-state index contributed by atoms with van der Waals surface area (Å²) in [5, 5.41) is 8.47. The summed E-state index contributed by atoms with van der Waals surface area (Å²) in [4.78, 5) is 9.77. The highest BCUT2D eigenvalue weighted by Crippen LogP contribution is 2.23. The van der Waals surface area contributed by atoms with Crippen LogP contribution >= 0.6 is 0 Å². The Hall–Kier alpha value is -2.47. The summed E-state index contributed by atoms with van der Waals surface area (Å²) in [5.74, 6) is 1.74. The summed E-state index contributed by atoms with van der Waals surface area (Å²) in [5.41, 5.74) is 2.33. The maximum absolute atomic E-state index is 4.35. The summed E-state index contributed by atoms with van der Waals surface area (Å²) in [6.07, 6.45) is 8.88. The molecule has 0 atom stereocenters. The van der Waals surface area contributed by atoms with E-state index in [4.69, 9.17) is 0 Å². The number of benzene rings is 1. The van der Waals surface area contributed by atoms with Gasteiger partial charge >= 0.3 is 0 Å². The average molecular weight is 322 g/mol. The molecule has 0 saturated carbocycles. The molecule has 2 aromatic heterocycles. The van der Waals surface area contributed by atoms with Crippen LogP contribution in [0.3, 0.4) is 0 Å². The Bertz CT molecular complexity index is 741. The molecule has 0 amide bonds. The molecule has 0 unspecified atom stereocenters. The van der Waals surface area contributed by atoms with E-state index in [1.165, 1.54) is 18.5 Å². The lowest BCUT2D eigenvalue weighted by Gasteiger charge is -2.31. The maximum atomic E-state index is 4.35. The number of aromatic nitrogens is 5. The van der Waals surface area contributed by atoms with Gasteiger partial charge < -0.3 is 4.98 Å². The van der Waals surface area contributed by atoms with Crippen LogP contribution in [0.4, 0.5) is 0 Å². The van der Waals surface area contributed by atoms with Crippen molar-refractivity contribution in [2.45, 2.75) is 25.8 Å². The number of para-hydroxylation sites is 1. The van der Waals surface area contributed by atoms with Gasteiger partial charge in [0, 0.05) is 30.5 Å². The van der Waals surface area contributed by atoms with Crippen LogP contribution < -0.4 is 0 Å². The van der Waals surface area contributed by atoms with Crippen molar-refractivity contribution in [3.05, 3.63) is 60.7 Å². The number of nitrogens with zero attached hydrogens (tertiary/aromatic N) is 5. The smallest absolute Gasteiger partial charge is 0.137 e.